The Balaban J connectivity index is 2.38. The zero-order valence-corrected chi connectivity index (χ0v) is 10.6. The van der Waals surface area contributed by atoms with Crippen molar-refractivity contribution in [2.75, 3.05) is 0 Å². The average molecular weight is 264 g/mol. The third-order valence-corrected chi connectivity index (χ3v) is 3.85. The molecule has 0 atom stereocenters. The van der Waals surface area contributed by atoms with Gasteiger partial charge in [-0.25, -0.2) is 0 Å². The minimum absolute atomic E-state index is 0.786. The second-order valence-corrected chi connectivity index (χ2v) is 5.42. The molecule has 1 fully saturated rings. The number of aryl methyl sites for hydroxylation is 2. The van der Waals surface area contributed by atoms with E-state index < -0.39 is 0 Å². The Hall–Kier alpha value is -0.760. The first-order valence-corrected chi connectivity index (χ1v) is 6.24. The molecule has 1 aromatic heterocycles. The summed E-state index contributed by atoms with van der Waals surface area (Å²) in [7, 11) is 0. The summed E-state index contributed by atoms with van der Waals surface area (Å²) in [6.45, 7) is 4.35. The van der Waals surface area contributed by atoms with E-state index in [0.717, 1.165) is 5.92 Å². The molecule has 0 spiro atoms. The maximum absolute atomic E-state index is 3.65. The molecule has 0 unspecified atom stereocenters. The van der Waals surface area contributed by atoms with Gasteiger partial charge in [0.05, 0.1) is 4.60 Å². The molecule has 3 rings (SSSR count). The molecule has 1 heterocycles. The Bertz CT molecular complexity index is 535. The Morgan fingerprint density at radius 2 is 2.00 bits per heavy atom. The zero-order valence-electron chi connectivity index (χ0n) is 9.02. The minimum Gasteiger partial charge on any atom is -0.349 e. The van der Waals surface area contributed by atoms with Crippen LogP contribution in [0.4, 0.5) is 0 Å². The number of fused-ring (bicyclic) bond motifs is 1. The number of aromatic nitrogens is 1. The van der Waals surface area contributed by atoms with Gasteiger partial charge in [-0.15, -0.1) is 0 Å². The van der Waals surface area contributed by atoms with Crippen LogP contribution in [0.25, 0.3) is 10.9 Å². The van der Waals surface area contributed by atoms with Crippen LogP contribution < -0.4 is 0 Å². The van der Waals surface area contributed by atoms with Crippen molar-refractivity contribution >= 4 is 26.8 Å². The van der Waals surface area contributed by atoms with Gasteiger partial charge in [-0.1, -0.05) is 11.6 Å². The lowest BCUT2D eigenvalue weighted by molar-refractivity contribution is 1.13. The summed E-state index contributed by atoms with van der Waals surface area (Å²) in [5.41, 5.74) is 5.50. The van der Waals surface area contributed by atoms with Crippen molar-refractivity contribution in [2.24, 2.45) is 0 Å². The lowest BCUT2D eigenvalue weighted by Gasteiger charge is -2.01. The molecule has 0 saturated heterocycles. The van der Waals surface area contributed by atoms with Crippen molar-refractivity contribution in [3.05, 3.63) is 33.4 Å². The van der Waals surface area contributed by atoms with Crippen LogP contribution in [0.1, 0.15) is 35.4 Å². The van der Waals surface area contributed by atoms with Crippen molar-refractivity contribution in [3.8, 4) is 0 Å². The van der Waals surface area contributed by atoms with Gasteiger partial charge in [0.1, 0.15) is 0 Å². The van der Waals surface area contributed by atoms with E-state index in [2.05, 4.69) is 46.9 Å². The van der Waals surface area contributed by atoms with Gasteiger partial charge in [0, 0.05) is 10.9 Å². The van der Waals surface area contributed by atoms with Gasteiger partial charge < -0.3 is 4.98 Å². The number of rotatable bonds is 1. The zero-order chi connectivity index (χ0) is 10.6. The van der Waals surface area contributed by atoms with E-state index in [9.17, 15) is 0 Å². The molecule has 1 saturated carbocycles. The molecule has 0 radical (unpaired) electrons. The van der Waals surface area contributed by atoms with Crippen LogP contribution in [0.5, 0.6) is 0 Å². The Morgan fingerprint density at radius 1 is 1.27 bits per heavy atom. The normalized spacial score (nSPS) is 16.2. The van der Waals surface area contributed by atoms with Crippen molar-refractivity contribution < 1.29 is 0 Å². The fourth-order valence-electron chi connectivity index (χ4n) is 2.41. The number of nitrogens with one attached hydrogen (secondary N) is 1. The Kier molecular flexibility index (Phi) is 1.96. The maximum Gasteiger partial charge on any atom is 0.0866 e. The van der Waals surface area contributed by atoms with Crippen LogP contribution in [0.2, 0.25) is 0 Å². The fourth-order valence-corrected chi connectivity index (χ4v) is 3.15. The van der Waals surface area contributed by atoms with Gasteiger partial charge in [-0.2, -0.15) is 0 Å². The quantitative estimate of drug-likeness (QED) is 0.784. The monoisotopic (exact) mass is 263 g/mol. The summed E-state index contributed by atoms with van der Waals surface area (Å²) < 4.78 is 1.19. The Labute approximate surface area is 98.0 Å². The highest BCUT2D eigenvalue weighted by Gasteiger charge is 2.29. The second-order valence-electron chi connectivity index (χ2n) is 4.63. The average Bonchev–Trinajstić information content (AvgIpc) is 2.91. The van der Waals surface area contributed by atoms with E-state index in [-0.39, 0.29) is 0 Å². The number of hydrogen-bond donors (Lipinski definition) is 1. The molecule has 1 aliphatic rings. The highest BCUT2D eigenvalue weighted by molar-refractivity contribution is 9.10. The summed E-state index contributed by atoms with van der Waals surface area (Å²) in [6.07, 6.45) is 2.69. The van der Waals surface area contributed by atoms with Crippen LogP contribution in [-0.4, -0.2) is 4.98 Å². The molecule has 15 heavy (non-hydrogen) atoms. The van der Waals surface area contributed by atoms with Gasteiger partial charge in [0.15, 0.2) is 0 Å². The van der Waals surface area contributed by atoms with Gasteiger partial charge >= 0.3 is 0 Å². The molecule has 0 aliphatic heterocycles. The second kappa shape index (κ2) is 3.11. The first-order chi connectivity index (χ1) is 7.16. The van der Waals surface area contributed by atoms with Crippen LogP contribution in [0, 0.1) is 13.8 Å². The number of hydrogen-bond acceptors (Lipinski definition) is 0. The van der Waals surface area contributed by atoms with Crippen LogP contribution >= 0.6 is 15.9 Å². The molecule has 1 nitrogen and oxygen atoms in total. The van der Waals surface area contributed by atoms with E-state index >= 15 is 0 Å². The lowest BCUT2D eigenvalue weighted by atomic mass is 10.0. The smallest absolute Gasteiger partial charge is 0.0866 e. The van der Waals surface area contributed by atoms with Crippen molar-refractivity contribution in [2.45, 2.75) is 32.6 Å². The number of H-pyrrole nitrogens is 1. The highest BCUT2D eigenvalue weighted by Crippen LogP contribution is 2.47. The first-order valence-electron chi connectivity index (χ1n) is 5.45. The minimum atomic E-state index is 0.786. The molecule has 2 heteroatoms. The highest BCUT2D eigenvalue weighted by atomic mass is 79.9. The summed E-state index contributed by atoms with van der Waals surface area (Å²) in [5, 5.41) is 1.42. The molecular formula is C13H14BrN. The topological polar surface area (TPSA) is 15.8 Å². The van der Waals surface area contributed by atoms with E-state index in [1.54, 1.807) is 0 Å². The van der Waals surface area contributed by atoms with Crippen molar-refractivity contribution in [1.82, 2.24) is 4.98 Å². The summed E-state index contributed by atoms with van der Waals surface area (Å²) in [6, 6.07) is 4.54. The number of aromatic amines is 1. The number of benzene rings is 1. The van der Waals surface area contributed by atoms with Gasteiger partial charge in [0.25, 0.3) is 0 Å². The molecule has 78 valence electrons. The molecule has 0 bridgehead atoms. The van der Waals surface area contributed by atoms with Crippen LogP contribution in [0.15, 0.2) is 16.7 Å². The summed E-state index contributed by atoms with van der Waals surface area (Å²) >= 11 is 3.65. The van der Waals surface area contributed by atoms with E-state index in [1.807, 2.05) is 0 Å². The molecule has 1 aliphatic carbocycles. The molecule has 1 aromatic carbocycles. The van der Waals surface area contributed by atoms with Crippen LogP contribution in [0.3, 0.4) is 0 Å². The predicted molar refractivity (Wildman–Crippen MR) is 67.4 cm³/mol. The van der Waals surface area contributed by atoms with Crippen LogP contribution in [-0.2, 0) is 0 Å². The Morgan fingerprint density at radius 3 is 2.67 bits per heavy atom. The fraction of sp³-hybridized carbons (Fsp3) is 0.385. The summed E-state index contributed by atoms with van der Waals surface area (Å²) in [5.74, 6) is 0.786. The van der Waals surface area contributed by atoms with E-state index in [1.165, 1.54) is 45.0 Å². The lowest BCUT2D eigenvalue weighted by Crippen LogP contribution is -1.81. The van der Waals surface area contributed by atoms with E-state index in [0.29, 0.717) is 0 Å². The maximum atomic E-state index is 3.65. The first kappa shape index (κ1) is 9.46. The molecule has 2 aromatic rings. The van der Waals surface area contributed by atoms with E-state index in [4.69, 9.17) is 0 Å². The molecular weight excluding hydrogens is 250 g/mol. The van der Waals surface area contributed by atoms with Crippen molar-refractivity contribution in [3.63, 3.8) is 0 Å². The largest absolute Gasteiger partial charge is 0.349 e. The van der Waals surface area contributed by atoms with Gasteiger partial charge in [0.2, 0.25) is 0 Å². The van der Waals surface area contributed by atoms with Gasteiger partial charge in [-0.3, -0.25) is 0 Å². The molecule has 1 N–H and O–H groups in total. The standard InChI is InChI=1S/C13H14BrN/c1-7-5-8(2)12-10(6-7)11(9-3-4-9)13(14)15-12/h5-6,9,15H,3-4H2,1-2H3. The predicted octanol–water partition coefficient (Wildman–Crippen LogP) is 4.42. The third-order valence-electron chi connectivity index (χ3n) is 3.23. The summed E-state index contributed by atoms with van der Waals surface area (Å²) in [4.78, 5) is 3.46. The van der Waals surface area contributed by atoms with Crippen molar-refractivity contribution in [1.29, 1.82) is 0 Å². The van der Waals surface area contributed by atoms with Gasteiger partial charge in [-0.05, 0) is 65.7 Å². The SMILES string of the molecule is Cc1cc(C)c2[nH]c(Br)c(C3CC3)c2c1. The molecule has 0 amide bonds. The number of halogens is 1. The third kappa shape index (κ3) is 1.43.